The van der Waals surface area contributed by atoms with Gasteiger partial charge in [-0.15, -0.1) is 0 Å². The molecule has 36 heavy (non-hydrogen) atoms. The third-order valence-corrected chi connectivity index (χ3v) is 5.76. The van der Waals surface area contributed by atoms with Crippen LogP contribution in [-0.2, 0) is 4.74 Å². The molecule has 0 aliphatic rings. The summed E-state index contributed by atoms with van der Waals surface area (Å²) in [6.45, 7) is 9.10. The maximum atomic E-state index is 15.5. The third kappa shape index (κ3) is 8.33. The van der Waals surface area contributed by atoms with E-state index in [1.807, 2.05) is 6.92 Å². The molecule has 0 aliphatic carbocycles. The van der Waals surface area contributed by atoms with Crippen molar-refractivity contribution in [2.24, 2.45) is 0 Å². The van der Waals surface area contributed by atoms with Crippen LogP contribution in [0.2, 0.25) is 0 Å². The zero-order valence-electron chi connectivity index (χ0n) is 21.3. The summed E-state index contributed by atoms with van der Waals surface area (Å²) in [7, 11) is 0. The number of ketones is 1. The van der Waals surface area contributed by atoms with E-state index in [1.165, 1.54) is 6.92 Å². The second-order valence-corrected chi connectivity index (χ2v) is 9.99. The number of amides is 1. The second-order valence-electron chi connectivity index (χ2n) is 9.19. The van der Waals surface area contributed by atoms with Crippen molar-refractivity contribution >= 4 is 33.8 Å². The minimum absolute atomic E-state index is 0.0348. The van der Waals surface area contributed by atoms with E-state index in [1.54, 1.807) is 51.1 Å². The monoisotopic (exact) mass is 565 g/mol. The first-order valence-corrected chi connectivity index (χ1v) is 12.7. The molecule has 0 aromatic heterocycles. The largest absolute Gasteiger partial charge is 0.491 e. The van der Waals surface area contributed by atoms with E-state index in [2.05, 4.69) is 21.2 Å². The molecule has 0 aliphatic heterocycles. The number of halogens is 2. The van der Waals surface area contributed by atoms with Gasteiger partial charge in [0.2, 0.25) is 0 Å². The normalized spacial score (nSPS) is 11.1. The summed E-state index contributed by atoms with van der Waals surface area (Å²) >= 11 is 3.31. The third-order valence-electron chi connectivity index (χ3n) is 5.00. The Morgan fingerprint density at radius 2 is 1.72 bits per heavy atom. The molecule has 0 radical (unpaired) electrons. The number of hydrogen-bond acceptors (Lipinski definition) is 6. The average molecular weight is 566 g/mol. The molecular formula is C27H33BrFNO6. The Morgan fingerprint density at radius 3 is 2.33 bits per heavy atom. The second kappa shape index (κ2) is 13.4. The van der Waals surface area contributed by atoms with Crippen LogP contribution in [-0.4, -0.2) is 36.6 Å². The average Bonchev–Trinajstić information content (AvgIpc) is 2.79. The number of nitrogens with one attached hydrogen (secondary N) is 1. The first-order valence-electron chi connectivity index (χ1n) is 11.9. The van der Waals surface area contributed by atoms with Gasteiger partial charge in [0.15, 0.2) is 5.78 Å². The number of unbranched alkanes of at least 4 members (excludes halogenated alkanes) is 1. The molecule has 0 fully saturated rings. The highest BCUT2D eigenvalue weighted by atomic mass is 79.9. The summed E-state index contributed by atoms with van der Waals surface area (Å²) in [5.41, 5.74) is -0.959. The van der Waals surface area contributed by atoms with Crippen molar-refractivity contribution in [3.8, 4) is 11.5 Å². The van der Waals surface area contributed by atoms with Crippen molar-refractivity contribution in [1.82, 2.24) is 5.32 Å². The molecule has 2 aromatic carbocycles. The standard InChI is InChI=1S/C27H33BrFNO6/c1-6-7-16-34-24-20(25(32)35-18-12-9-8-10-13-18)17(2)23(29)21(22(24)28)19(31)14-11-15-30-26(33)36-27(3,4)5/h8-10,12-13H,6-7,11,14-16H2,1-5H3,(H,30,33). The molecule has 1 N–H and O–H groups in total. The van der Waals surface area contributed by atoms with Crippen LogP contribution in [0.1, 0.15) is 79.7 Å². The molecular weight excluding hydrogens is 533 g/mol. The zero-order valence-corrected chi connectivity index (χ0v) is 22.9. The SMILES string of the molecule is CCCCOc1c(Br)c(C(=O)CCCNC(=O)OC(C)(C)C)c(F)c(C)c1C(=O)Oc1ccccc1. The first kappa shape index (κ1) is 29.3. The summed E-state index contributed by atoms with van der Waals surface area (Å²) in [4.78, 5) is 37.8. The van der Waals surface area contributed by atoms with Crippen molar-refractivity contribution in [1.29, 1.82) is 0 Å². The number of hydrogen-bond donors (Lipinski definition) is 1. The predicted octanol–water partition coefficient (Wildman–Crippen LogP) is 6.78. The van der Waals surface area contributed by atoms with Gasteiger partial charge in [-0.25, -0.2) is 14.0 Å². The van der Waals surface area contributed by atoms with Gasteiger partial charge < -0.3 is 19.5 Å². The number of para-hydroxylation sites is 1. The molecule has 0 unspecified atom stereocenters. The number of carbonyl (C=O) groups is 3. The van der Waals surface area contributed by atoms with E-state index in [0.29, 0.717) is 12.2 Å². The van der Waals surface area contributed by atoms with Crippen LogP contribution in [0.25, 0.3) is 0 Å². The van der Waals surface area contributed by atoms with Crippen LogP contribution < -0.4 is 14.8 Å². The minimum atomic E-state index is -0.824. The molecule has 9 heteroatoms. The van der Waals surface area contributed by atoms with Crippen molar-refractivity contribution in [2.45, 2.75) is 65.9 Å². The van der Waals surface area contributed by atoms with E-state index >= 15 is 4.39 Å². The Labute approximate surface area is 219 Å². The molecule has 0 atom stereocenters. The highest BCUT2D eigenvalue weighted by Crippen LogP contribution is 2.39. The van der Waals surface area contributed by atoms with Crippen LogP contribution in [0.15, 0.2) is 34.8 Å². The lowest BCUT2D eigenvalue weighted by atomic mass is 9.98. The highest BCUT2D eigenvalue weighted by molar-refractivity contribution is 9.10. The fourth-order valence-corrected chi connectivity index (χ4v) is 3.96. The van der Waals surface area contributed by atoms with Crippen molar-refractivity contribution in [3.63, 3.8) is 0 Å². The number of ether oxygens (including phenoxy) is 3. The summed E-state index contributed by atoms with van der Waals surface area (Å²) in [6.07, 6.45) is 1.19. The highest BCUT2D eigenvalue weighted by Gasteiger charge is 2.30. The van der Waals surface area contributed by atoms with Crippen molar-refractivity contribution in [3.05, 3.63) is 57.3 Å². The van der Waals surface area contributed by atoms with E-state index in [4.69, 9.17) is 14.2 Å². The van der Waals surface area contributed by atoms with Crippen molar-refractivity contribution < 1.29 is 33.0 Å². The predicted molar refractivity (Wildman–Crippen MR) is 138 cm³/mol. The van der Waals surface area contributed by atoms with Gasteiger partial charge in [0.1, 0.15) is 28.5 Å². The maximum absolute atomic E-state index is 15.5. The van der Waals surface area contributed by atoms with Crippen LogP contribution >= 0.6 is 15.9 Å². The maximum Gasteiger partial charge on any atom is 0.407 e. The zero-order chi connectivity index (χ0) is 26.9. The van der Waals surface area contributed by atoms with Crippen LogP contribution in [0.4, 0.5) is 9.18 Å². The molecule has 0 spiro atoms. The molecule has 1 amide bonds. The number of alkyl carbamates (subject to hydrolysis) is 1. The number of esters is 1. The molecule has 0 saturated heterocycles. The summed E-state index contributed by atoms with van der Waals surface area (Å²) in [6, 6.07) is 8.43. The number of rotatable bonds is 11. The van der Waals surface area contributed by atoms with E-state index in [-0.39, 0.29) is 52.9 Å². The number of Topliss-reactive ketones (excluding diaryl/α,β-unsaturated/α-hetero) is 1. The van der Waals surface area contributed by atoms with Gasteiger partial charge in [0.05, 0.1) is 16.6 Å². The smallest absolute Gasteiger partial charge is 0.407 e. The topological polar surface area (TPSA) is 90.9 Å². The van der Waals surface area contributed by atoms with Crippen molar-refractivity contribution in [2.75, 3.05) is 13.2 Å². The van der Waals surface area contributed by atoms with Gasteiger partial charge in [0.25, 0.3) is 0 Å². The lowest BCUT2D eigenvalue weighted by molar-refractivity contribution is 0.0525. The molecule has 0 heterocycles. The van der Waals surface area contributed by atoms with Gasteiger partial charge in [-0.1, -0.05) is 31.5 Å². The van der Waals surface area contributed by atoms with Gasteiger partial charge in [-0.05, 0) is 68.6 Å². The van der Waals surface area contributed by atoms with Crippen LogP contribution in [0, 0.1) is 12.7 Å². The molecule has 196 valence electrons. The Kier molecular flexibility index (Phi) is 10.9. The molecule has 0 bridgehead atoms. The van der Waals surface area contributed by atoms with E-state index < -0.39 is 29.3 Å². The number of benzene rings is 2. The van der Waals surface area contributed by atoms with E-state index in [9.17, 15) is 14.4 Å². The fourth-order valence-electron chi connectivity index (χ4n) is 3.26. The quantitative estimate of drug-likeness (QED) is 0.140. The minimum Gasteiger partial charge on any atom is -0.491 e. The summed E-state index contributed by atoms with van der Waals surface area (Å²) in [5, 5.41) is 2.57. The van der Waals surface area contributed by atoms with Gasteiger partial charge >= 0.3 is 12.1 Å². The lowest BCUT2D eigenvalue weighted by Gasteiger charge is -2.20. The lowest BCUT2D eigenvalue weighted by Crippen LogP contribution is -2.33. The molecule has 2 aromatic rings. The molecule has 7 nitrogen and oxygen atoms in total. The Hall–Kier alpha value is -2.94. The Morgan fingerprint density at radius 1 is 1.06 bits per heavy atom. The van der Waals surface area contributed by atoms with E-state index in [0.717, 1.165) is 6.42 Å². The van der Waals surface area contributed by atoms with Gasteiger partial charge in [-0.2, -0.15) is 0 Å². The fraction of sp³-hybridized carbons (Fsp3) is 0.444. The first-order chi connectivity index (χ1) is 17.0. The Balaban J connectivity index is 2.27. The molecule has 2 rings (SSSR count). The van der Waals surface area contributed by atoms with Gasteiger partial charge in [-0.3, -0.25) is 4.79 Å². The summed E-state index contributed by atoms with van der Waals surface area (Å²) < 4.78 is 32.0. The molecule has 0 saturated carbocycles. The Bertz CT molecular complexity index is 1080. The van der Waals surface area contributed by atoms with Crippen LogP contribution in [0.3, 0.4) is 0 Å². The van der Waals surface area contributed by atoms with Crippen LogP contribution in [0.5, 0.6) is 11.5 Å². The summed E-state index contributed by atoms with van der Waals surface area (Å²) in [5.74, 6) is -1.73. The number of carbonyl (C=O) groups excluding carboxylic acids is 3. The van der Waals surface area contributed by atoms with Gasteiger partial charge in [0, 0.05) is 18.5 Å².